The van der Waals surface area contributed by atoms with Crippen LogP contribution in [0.15, 0.2) is 24.5 Å². The highest BCUT2D eigenvalue weighted by molar-refractivity contribution is 5.44. The third-order valence-electron chi connectivity index (χ3n) is 4.67. The second-order valence-electron chi connectivity index (χ2n) is 6.59. The third-order valence-corrected chi connectivity index (χ3v) is 4.67. The van der Waals surface area contributed by atoms with Gasteiger partial charge < -0.3 is 23.9 Å². The first-order valence-corrected chi connectivity index (χ1v) is 8.55. The molecule has 2 aliphatic rings. The van der Waals surface area contributed by atoms with Gasteiger partial charge in [0.1, 0.15) is 0 Å². The molecule has 2 aromatic rings. The van der Waals surface area contributed by atoms with Crippen molar-refractivity contribution in [2.24, 2.45) is 7.05 Å². The van der Waals surface area contributed by atoms with Crippen molar-refractivity contribution in [3.05, 3.63) is 41.5 Å². The van der Waals surface area contributed by atoms with E-state index in [1.807, 2.05) is 31.6 Å². The Labute approximate surface area is 146 Å². The van der Waals surface area contributed by atoms with Crippen molar-refractivity contribution in [1.29, 1.82) is 0 Å². The molecule has 2 aliphatic heterocycles. The molecule has 0 amide bonds. The third kappa shape index (κ3) is 3.63. The SMILES string of the molecule is Cn1cnc2c1CCN(C[C@@H](O)COCc1ccc3c(c1)OCO3)C2. The molecule has 0 spiro atoms. The van der Waals surface area contributed by atoms with Crippen LogP contribution in [0.5, 0.6) is 11.5 Å². The van der Waals surface area contributed by atoms with E-state index in [1.165, 1.54) is 5.69 Å². The van der Waals surface area contributed by atoms with E-state index in [0.29, 0.717) is 19.8 Å². The summed E-state index contributed by atoms with van der Waals surface area (Å²) in [5.41, 5.74) is 3.42. The molecule has 0 saturated heterocycles. The Morgan fingerprint density at radius 3 is 3.12 bits per heavy atom. The van der Waals surface area contributed by atoms with Crippen molar-refractivity contribution in [2.75, 3.05) is 26.5 Å². The lowest BCUT2D eigenvalue weighted by molar-refractivity contribution is 0.00741. The average Bonchev–Trinajstić information content (AvgIpc) is 3.21. The Morgan fingerprint density at radius 1 is 1.32 bits per heavy atom. The summed E-state index contributed by atoms with van der Waals surface area (Å²) in [4.78, 5) is 6.66. The number of aryl methyl sites for hydroxylation is 1. The van der Waals surface area contributed by atoms with E-state index in [0.717, 1.165) is 42.3 Å². The average molecular weight is 345 g/mol. The summed E-state index contributed by atoms with van der Waals surface area (Å²) < 4.78 is 18.4. The Bertz CT molecular complexity index is 746. The predicted molar refractivity (Wildman–Crippen MR) is 90.4 cm³/mol. The molecule has 1 atom stereocenters. The number of hydrogen-bond acceptors (Lipinski definition) is 6. The second-order valence-corrected chi connectivity index (χ2v) is 6.59. The summed E-state index contributed by atoms with van der Waals surface area (Å²) in [6.07, 6.45) is 2.31. The van der Waals surface area contributed by atoms with Crippen LogP contribution < -0.4 is 9.47 Å². The first-order valence-electron chi connectivity index (χ1n) is 8.55. The molecule has 7 nitrogen and oxygen atoms in total. The lowest BCUT2D eigenvalue weighted by Gasteiger charge is -2.28. The quantitative estimate of drug-likeness (QED) is 0.845. The van der Waals surface area contributed by atoms with Gasteiger partial charge in [-0.2, -0.15) is 0 Å². The minimum atomic E-state index is -0.515. The smallest absolute Gasteiger partial charge is 0.231 e. The fourth-order valence-corrected chi connectivity index (χ4v) is 3.36. The number of aliphatic hydroxyl groups excluding tert-OH is 1. The van der Waals surface area contributed by atoms with Crippen LogP contribution in [0, 0.1) is 0 Å². The molecule has 134 valence electrons. The summed E-state index contributed by atoms with van der Waals surface area (Å²) in [7, 11) is 2.03. The normalized spacial score (nSPS) is 17.5. The molecule has 0 unspecified atom stereocenters. The zero-order valence-electron chi connectivity index (χ0n) is 14.4. The van der Waals surface area contributed by atoms with E-state index in [2.05, 4.69) is 14.5 Å². The number of aromatic nitrogens is 2. The van der Waals surface area contributed by atoms with E-state index in [1.54, 1.807) is 0 Å². The minimum absolute atomic E-state index is 0.270. The number of hydrogen-bond donors (Lipinski definition) is 1. The molecule has 25 heavy (non-hydrogen) atoms. The number of imidazole rings is 1. The number of nitrogens with zero attached hydrogens (tertiary/aromatic N) is 3. The summed E-state index contributed by atoms with van der Waals surface area (Å²) in [5.74, 6) is 1.52. The predicted octanol–water partition coefficient (Wildman–Crippen LogP) is 1.08. The van der Waals surface area contributed by atoms with E-state index < -0.39 is 6.10 Å². The second kappa shape index (κ2) is 7.03. The van der Waals surface area contributed by atoms with Gasteiger partial charge in [0.25, 0.3) is 0 Å². The molecule has 7 heteroatoms. The van der Waals surface area contributed by atoms with Crippen LogP contribution in [-0.2, 0) is 31.4 Å². The van der Waals surface area contributed by atoms with Gasteiger partial charge in [0.15, 0.2) is 11.5 Å². The van der Waals surface area contributed by atoms with Crippen LogP contribution in [0.2, 0.25) is 0 Å². The van der Waals surface area contributed by atoms with E-state index in [9.17, 15) is 5.11 Å². The van der Waals surface area contributed by atoms with Gasteiger partial charge in [-0.05, 0) is 17.7 Å². The molecule has 0 fully saturated rings. The molecule has 1 N–H and O–H groups in total. The Kier molecular flexibility index (Phi) is 4.61. The molecule has 0 bridgehead atoms. The van der Waals surface area contributed by atoms with E-state index in [4.69, 9.17) is 14.2 Å². The molecule has 0 saturated carbocycles. The van der Waals surface area contributed by atoms with E-state index >= 15 is 0 Å². The topological polar surface area (TPSA) is 69.0 Å². The number of ether oxygens (including phenoxy) is 3. The van der Waals surface area contributed by atoms with Crippen molar-refractivity contribution >= 4 is 0 Å². The molecule has 1 aromatic carbocycles. The standard InChI is InChI=1S/C18H23N3O4/c1-20-11-19-15-8-21(5-4-16(15)20)7-14(22)10-23-9-13-2-3-17-18(6-13)25-12-24-17/h2-3,6,11,14,22H,4-5,7-10,12H2,1H3/t14-/m1/s1. The van der Waals surface area contributed by atoms with Gasteiger partial charge in [-0.15, -0.1) is 0 Å². The monoisotopic (exact) mass is 345 g/mol. The Morgan fingerprint density at radius 2 is 2.20 bits per heavy atom. The van der Waals surface area contributed by atoms with Gasteiger partial charge >= 0.3 is 0 Å². The molecule has 0 radical (unpaired) electrons. The first-order chi connectivity index (χ1) is 12.2. The van der Waals surface area contributed by atoms with Gasteiger partial charge in [0.2, 0.25) is 6.79 Å². The van der Waals surface area contributed by atoms with Crippen molar-refractivity contribution in [2.45, 2.75) is 25.7 Å². The summed E-state index contributed by atoms with van der Waals surface area (Å²) in [6, 6.07) is 5.75. The number of rotatable bonds is 6. The summed E-state index contributed by atoms with van der Waals surface area (Å²) in [6.45, 7) is 3.34. The van der Waals surface area contributed by atoms with Gasteiger partial charge in [-0.1, -0.05) is 6.07 Å². The first kappa shape index (κ1) is 16.4. The number of fused-ring (bicyclic) bond motifs is 2. The van der Waals surface area contributed by atoms with Crippen LogP contribution in [0.4, 0.5) is 0 Å². The summed E-state index contributed by atoms with van der Waals surface area (Å²) >= 11 is 0. The lowest BCUT2D eigenvalue weighted by atomic mass is 10.1. The van der Waals surface area contributed by atoms with Crippen LogP contribution in [0.1, 0.15) is 17.0 Å². The zero-order chi connectivity index (χ0) is 17.2. The molecule has 4 rings (SSSR count). The summed E-state index contributed by atoms with van der Waals surface area (Å²) in [5, 5.41) is 10.3. The Hall–Kier alpha value is -2.09. The van der Waals surface area contributed by atoms with Gasteiger partial charge in [-0.25, -0.2) is 4.98 Å². The fourth-order valence-electron chi connectivity index (χ4n) is 3.36. The van der Waals surface area contributed by atoms with Crippen molar-refractivity contribution in [1.82, 2.24) is 14.5 Å². The van der Waals surface area contributed by atoms with Crippen LogP contribution in [-0.4, -0.2) is 52.2 Å². The fraction of sp³-hybridized carbons (Fsp3) is 0.500. The Balaban J connectivity index is 1.22. The molecular weight excluding hydrogens is 322 g/mol. The van der Waals surface area contributed by atoms with Crippen LogP contribution in [0.25, 0.3) is 0 Å². The number of aliphatic hydroxyl groups is 1. The van der Waals surface area contributed by atoms with Gasteiger partial charge in [0.05, 0.1) is 31.3 Å². The van der Waals surface area contributed by atoms with Crippen molar-refractivity contribution < 1.29 is 19.3 Å². The molecular formula is C18H23N3O4. The zero-order valence-corrected chi connectivity index (χ0v) is 14.4. The van der Waals surface area contributed by atoms with Gasteiger partial charge in [-0.3, -0.25) is 4.90 Å². The highest BCUT2D eigenvalue weighted by atomic mass is 16.7. The highest BCUT2D eigenvalue weighted by Crippen LogP contribution is 2.32. The largest absolute Gasteiger partial charge is 0.454 e. The van der Waals surface area contributed by atoms with E-state index in [-0.39, 0.29) is 6.79 Å². The number of benzene rings is 1. The lowest BCUT2D eigenvalue weighted by Crippen LogP contribution is -2.38. The molecule has 1 aromatic heterocycles. The molecule has 3 heterocycles. The maximum absolute atomic E-state index is 10.3. The number of β-amino-alcohol motifs (C(OH)–C–C–N with tert-alkyl or cyclic N) is 1. The van der Waals surface area contributed by atoms with Gasteiger partial charge in [0, 0.05) is 38.8 Å². The van der Waals surface area contributed by atoms with Crippen molar-refractivity contribution in [3.63, 3.8) is 0 Å². The minimum Gasteiger partial charge on any atom is -0.454 e. The highest BCUT2D eigenvalue weighted by Gasteiger charge is 2.21. The maximum Gasteiger partial charge on any atom is 0.231 e. The van der Waals surface area contributed by atoms with Crippen LogP contribution in [0.3, 0.4) is 0 Å². The maximum atomic E-state index is 10.3. The van der Waals surface area contributed by atoms with Crippen LogP contribution >= 0.6 is 0 Å². The van der Waals surface area contributed by atoms with Crippen molar-refractivity contribution in [3.8, 4) is 11.5 Å². The molecule has 0 aliphatic carbocycles.